The molecular weight excluding hydrogens is 272 g/mol. The molecule has 1 nitrogen and oxygen atoms in total. The van der Waals surface area contributed by atoms with Crippen LogP contribution in [0.4, 0.5) is 8.78 Å². The minimum atomic E-state index is -0.499. The number of rotatable bonds is 5. The lowest BCUT2D eigenvalue weighted by Crippen LogP contribution is -2.12. The molecule has 1 aromatic carbocycles. The number of benzene rings is 1. The van der Waals surface area contributed by atoms with Crippen LogP contribution in [0.1, 0.15) is 12.5 Å². The van der Waals surface area contributed by atoms with Crippen LogP contribution in [-0.2, 0) is 6.54 Å². The van der Waals surface area contributed by atoms with E-state index in [0.717, 1.165) is 22.5 Å². The Labute approximate surface area is 113 Å². The first kappa shape index (κ1) is 13.5. The first-order valence-corrected chi connectivity index (χ1v) is 7.30. The van der Waals surface area contributed by atoms with E-state index in [1.54, 1.807) is 0 Å². The summed E-state index contributed by atoms with van der Waals surface area (Å²) in [6.07, 6.45) is 0. The summed E-state index contributed by atoms with van der Waals surface area (Å²) in [5.74, 6) is -0.998. The van der Waals surface area contributed by atoms with E-state index in [1.165, 1.54) is 23.5 Å². The van der Waals surface area contributed by atoms with Gasteiger partial charge in [-0.2, -0.15) is 0 Å². The van der Waals surface area contributed by atoms with Crippen molar-refractivity contribution in [3.05, 3.63) is 46.8 Å². The van der Waals surface area contributed by atoms with Crippen LogP contribution in [0.2, 0.25) is 0 Å². The highest BCUT2D eigenvalue weighted by Crippen LogP contribution is 2.35. The molecule has 0 fully saturated rings. The van der Waals surface area contributed by atoms with E-state index in [-0.39, 0.29) is 4.90 Å². The van der Waals surface area contributed by atoms with Crippen molar-refractivity contribution in [2.24, 2.45) is 0 Å². The zero-order valence-corrected chi connectivity index (χ0v) is 11.5. The lowest BCUT2D eigenvalue weighted by molar-refractivity contribution is 0.535. The van der Waals surface area contributed by atoms with Crippen LogP contribution in [-0.4, -0.2) is 6.54 Å². The predicted octanol–water partition coefficient (Wildman–Crippen LogP) is 4.29. The molecule has 2 rings (SSSR count). The zero-order valence-electron chi connectivity index (χ0n) is 9.87. The van der Waals surface area contributed by atoms with Crippen LogP contribution < -0.4 is 5.32 Å². The van der Waals surface area contributed by atoms with E-state index in [4.69, 9.17) is 0 Å². The van der Waals surface area contributed by atoms with E-state index < -0.39 is 11.6 Å². The summed E-state index contributed by atoms with van der Waals surface area (Å²) in [7, 11) is 0. The summed E-state index contributed by atoms with van der Waals surface area (Å²) in [5.41, 5.74) is 0.627. The molecule has 96 valence electrons. The van der Waals surface area contributed by atoms with Crippen molar-refractivity contribution in [1.29, 1.82) is 0 Å². The van der Waals surface area contributed by atoms with Gasteiger partial charge in [0.1, 0.15) is 11.6 Å². The van der Waals surface area contributed by atoms with Gasteiger partial charge in [0.2, 0.25) is 0 Å². The zero-order chi connectivity index (χ0) is 13.0. The molecule has 1 aromatic heterocycles. The van der Waals surface area contributed by atoms with Gasteiger partial charge in [0.25, 0.3) is 0 Å². The molecule has 2 aromatic rings. The summed E-state index contributed by atoms with van der Waals surface area (Å²) in [6.45, 7) is 3.21. The van der Waals surface area contributed by atoms with Crippen molar-refractivity contribution in [2.45, 2.75) is 22.6 Å². The third-order valence-electron chi connectivity index (χ3n) is 2.33. The van der Waals surface area contributed by atoms with Crippen LogP contribution in [0, 0.1) is 11.6 Å². The van der Waals surface area contributed by atoms with Gasteiger partial charge in [0.15, 0.2) is 0 Å². The van der Waals surface area contributed by atoms with Gasteiger partial charge in [0.05, 0.1) is 9.10 Å². The third-order valence-corrected chi connectivity index (χ3v) is 4.47. The van der Waals surface area contributed by atoms with Gasteiger partial charge >= 0.3 is 0 Å². The fourth-order valence-corrected chi connectivity index (χ4v) is 3.22. The Hall–Kier alpha value is -0.910. The molecule has 0 saturated heterocycles. The molecule has 0 unspecified atom stereocenters. The van der Waals surface area contributed by atoms with Crippen molar-refractivity contribution in [2.75, 3.05) is 6.54 Å². The Morgan fingerprint density at radius 1 is 1.28 bits per heavy atom. The average Bonchev–Trinajstić information content (AvgIpc) is 2.84. The van der Waals surface area contributed by atoms with Crippen LogP contribution in [0.5, 0.6) is 0 Å². The molecule has 0 bridgehead atoms. The van der Waals surface area contributed by atoms with Gasteiger partial charge in [-0.3, -0.25) is 0 Å². The summed E-state index contributed by atoms with van der Waals surface area (Å²) < 4.78 is 28.6. The SMILES string of the molecule is CCNCc1cc(F)c(Sc2cccs2)c(F)c1. The monoisotopic (exact) mass is 285 g/mol. The number of nitrogens with one attached hydrogen (secondary N) is 1. The smallest absolute Gasteiger partial charge is 0.140 e. The second-order valence-electron chi connectivity index (χ2n) is 3.70. The number of thiophene rings is 1. The maximum absolute atomic E-state index is 13.8. The standard InChI is InChI=1S/C13H13F2NS2/c1-2-16-8-9-6-10(14)13(11(15)7-9)18-12-4-3-5-17-12/h3-7,16H,2,8H2,1H3. The van der Waals surface area contributed by atoms with Gasteiger partial charge in [-0.1, -0.05) is 24.8 Å². The van der Waals surface area contributed by atoms with Gasteiger partial charge < -0.3 is 5.32 Å². The minimum absolute atomic E-state index is 0.0673. The van der Waals surface area contributed by atoms with Crippen molar-refractivity contribution in [1.82, 2.24) is 5.32 Å². The molecule has 0 aliphatic carbocycles. The van der Waals surface area contributed by atoms with Crippen molar-refractivity contribution < 1.29 is 8.78 Å². The van der Waals surface area contributed by atoms with Gasteiger partial charge in [0, 0.05) is 6.54 Å². The highest BCUT2D eigenvalue weighted by molar-refractivity contribution is 8.01. The van der Waals surface area contributed by atoms with Crippen molar-refractivity contribution >= 4 is 23.1 Å². The first-order valence-electron chi connectivity index (χ1n) is 5.60. The van der Waals surface area contributed by atoms with Gasteiger partial charge in [-0.15, -0.1) is 11.3 Å². The quantitative estimate of drug-likeness (QED) is 0.879. The fourth-order valence-electron chi connectivity index (χ4n) is 1.50. The Bertz CT molecular complexity index is 489. The highest BCUT2D eigenvalue weighted by Gasteiger charge is 2.13. The Balaban J connectivity index is 2.21. The maximum Gasteiger partial charge on any atom is 0.140 e. The topological polar surface area (TPSA) is 12.0 Å². The largest absolute Gasteiger partial charge is 0.313 e. The molecule has 18 heavy (non-hydrogen) atoms. The number of halogens is 2. The lowest BCUT2D eigenvalue weighted by Gasteiger charge is -2.07. The number of hydrogen-bond acceptors (Lipinski definition) is 3. The first-order chi connectivity index (χ1) is 8.70. The molecule has 0 aliphatic rings. The third kappa shape index (κ3) is 3.31. The summed E-state index contributed by atoms with van der Waals surface area (Å²) in [5, 5.41) is 4.93. The van der Waals surface area contributed by atoms with E-state index in [1.807, 2.05) is 24.4 Å². The maximum atomic E-state index is 13.8. The summed E-state index contributed by atoms with van der Waals surface area (Å²) in [4.78, 5) is 0.0673. The average molecular weight is 285 g/mol. The van der Waals surface area contributed by atoms with E-state index in [9.17, 15) is 8.78 Å². The fraction of sp³-hybridized carbons (Fsp3) is 0.231. The normalized spacial score (nSPS) is 10.8. The van der Waals surface area contributed by atoms with Crippen molar-refractivity contribution in [3.8, 4) is 0 Å². The van der Waals surface area contributed by atoms with Crippen LogP contribution in [0.3, 0.4) is 0 Å². The van der Waals surface area contributed by atoms with Gasteiger partial charge in [-0.25, -0.2) is 8.78 Å². The molecule has 0 saturated carbocycles. The van der Waals surface area contributed by atoms with Crippen molar-refractivity contribution in [3.63, 3.8) is 0 Å². The predicted molar refractivity (Wildman–Crippen MR) is 72.2 cm³/mol. The molecule has 0 atom stereocenters. The molecular formula is C13H13F2NS2. The highest BCUT2D eigenvalue weighted by atomic mass is 32.2. The lowest BCUT2D eigenvalue weighted by atomic mass is 10.2. The molecule has 1 heterocycles. The second-order valence-corrected chi connectivity index (χ2v) is 5.96. The van der Waals surface area contributed by atoms with E-state index >= 15 is 0 Å². The van der Waals surface area contributed by atoms with Gasteiger partial charge in [-0.05, 0) is 35.7 Å². The number of hydrogen-bond donors (Lipinski definition) is 1. The Morgan fingerprint density at radius 2 is 2.00 bits per heavy atom. The Morgan fingerprint density at radius 3 is 2.56 bits per heavy atom. The van der Waals surface area contributed by atoms with Crippen LogP contribution in [0.25, 0.3) is 0 Å². The molecule has 1 N–H and O–H groups in total. The molecule has 0 radical (unpaired) electrons. The van der Waals surface area contributed by atoms with Crippen LogP contribution >= 0.6 is 23.1 Å². The Kier molecular flexibility index (Phi) is 4.74. The molecule has 5 heteroatoms. The summed E-state index contributed by atoms with van der Waals surface area (Å²) in [6, 6.07) is 6.49. The van der Waals surface area contributed by atoms with E-state index in [0.29, 0.717) is 12.1 Å². The molecule has 0 aliphatic heterocycles. The molecule has 0 amide bonds. The minimum Gasteiger partial charge on any atom is -0.313 e. The second kappa shape index (κ2) is 6.31. The summed E-state index contributed by atoms with van der Waals surface area (Å²) >= 11 is 2.60. The van der Waals surface area contributed by atoms with Crippen LogP contribution in [0.15, 0.2) is 38.8 Å². The van der Waals surface area contributed by atoms with E-state index in [2.05, 4.69) is 5.32 Å². The molecule has 0 spiro atoms.